The molecule has 1 unspecified atom stereocenters. The van der Waals surface area contributed by atoms with Crippen LogP contribution in [0.4, 0.5) is 0 Å². The highest BCUT2D eigenvalue weighted by molar-refractivity contribution is 6.67. The van der Waals surface area contributed by atoms with E-state index < -0.39 is 3.79 Å². The van der Waals surface area contributed by atoms with Crippen LogP contribution in [0.3, 0.4) is 0 Å². The van der Waals surface area contributed by atoms with E-state index in [9.17, 15) is 0 Å². The third-order valence-electron chi connectivity index (χ3n) is 0.975. The molecule has 0 aliphatic carbocycles. The summed E-state index contributed by atoms with van der Waals surface area (Å²) >= 11 is 16.4. The Morgan fingerprint density at radius 2 is 2.00 bits per heavy atom. The van der Waals surface area contributed by atoms with Gasteiger partial charge < -0.3 is 0 Å². The van der Waals surface area contributed by atoms with E-state index in [4.69, 9.17) is 34.8 Å². The second-order valence-corrected chi connectivity index (χ2v) is 4.39. The van der Waals surface area contributed by atoms with Gasteiger partial charge in [-0.3, -0.25) is 4.84 Å². The van der Waals surface area contributed by atoms with Crippen LogP contribution in [0, 0.1) is 0 Å². The van der Waals surface area contributed by atoms with Crippen LogP contribution < -0.4 is 5.48 Å². The number of rotatable bonds is 2. The number of alkyl halides is 3. The fraction of sp³-hybridized carbons (Fsp3) is 1.00. The van der Waals surface area contributed by atoms with Crippen LogP contribution in [0.1, 0.15) is 12.8 Å². The molecule has 1 fully saturated rings. The SMILES string of the molecule is ClC(Cl)(Cl)CCC1NO1. The third kappa shape index (κ3) is 4.23. The Labute approximate surface area is 68.4 Å². The Bertz CT molecular complexity index is 98.5. The van der Waals surface area contributed by atoms with Gasteiger partial charge in [-0.2, -0.15) is 5.48 Å². The molecule has 1 aliphatic heterocycles. The van der Waals surface area contributed by atoms with Crippen molar-refractivity contribution >= 4 is 34.8 Å². The van der Waals surface area contributed by atoms with E-state index in [1.807, 2.05) is 0 Å². The minimum absolute atomic E-state index is 0.112. The summed E-state index contributed by atoms with van der Waals surface area (Å²) in [6, 6.07) is 0. The van der Waals surface area contributed by atoms with Crippen LogP contribution in [0.5, 0.6) is 0 Å². The van der Waals surface area contributed by atoms with Gasteiger partial charge in [0, 0.05) is 0 Å². The molecule has 5 heteroatoms. The molecular weight excluding hydrogens is 184 g/mol. The lowest BCUT2D eigenvalue weighted by Crippen LogP contribution is -2.04. The maximum Gasteiger partial charge on any atom is 0.190 e. The zero-order valence-corrected chi connectivity index (χ0v) is 6.80. The van der Waals surface area contributed by atoms with E-state index in [0.29, 0.717) is 6.42 Å². The van der Waals surface area contributed by atoms with Crippen LogP contribution in [0.15, 0.2) is 0 Å². The smallest absolute Gasteiger partial charge is 0.190 e. The Balaban J connectivity index is 2.03. The van der Waals surface area contributed by atoms with E-state index in [2.05, 4.69) is 10.3 Å². The van der Waals surface area contributed by atoms with Crippen molar-refractivity contribution in [3.63, 3.8) is 0 Å². The molecule has 0 aromatic rings. The Hall–Kier alpha value is 0.790. The molecule has 54 valence electrons. The molecule has 0 amide bonds. The molecule has 1 rings (SSSR count). The van der Waals surface area contributed by atoms with E-state index >= 15 is 0 Å². The van der Waals surface area contributed by atoms with Crippen molar-refractivity contribution in [3.05, 3.63) is 0 Å². The van der Waals surface area contributed by atoms with Gasteiger partial charge in [0.15, 0.2) is 10.0 Å². The van der Waals surface area contributed by atoms with Crippen molar-refractivity contribution in [1.82, 2.24) is 5.48 Å². The summed E-state index contributed by atoms with van der Waals surface area (Å²) in [4.78, 5) is 4.68. The monoisotopic (exact) mass is 189 g/mol. The summed E-state index contributed by atoms with van der Waals surface area (Å²) in [6.45, 7) is 0. The van der Waals surface area contributed by atoms with Gasteiger partial charge in [-0.05, 0) is 12.8 Å². The molecule has 1 N–H and O–H groups in total. The lowest BCUT2D eigenvalue weighted by molar-refractivity contribution is 0.360. The standard InChI is InChI=1S/C4H6Cl3NO/c5-4(6,7)2-1-3-8-9-3/h3,8H,1-2H2. The molecule has 0 aromatic heterocycles. The predicted octanol–water partition coefficient (Wildman–Crippen LogP) is 2.00. The molecule has 1 saturated heterocycles. The van der Waals surface area contributed by atoms with E-state index in [-0.39, 0.29) is 6.23 Å². The van der Waals surface area contributed by atoms with Crippen molar-refractivity contribution < 1.29 is 4.84 Å². The van der Waals surface area contributed by atoms with E-state index in [1.165, 1.54) is 0 Å². The number of halogens is 3. The molecule has 0 radical (unpaired) electrons. The fourth-order valence-corrected chi connectivity index (χ4v) is 0.788. The van der Waals surface area contributed by atoms with Crippen molar-refractivity contribution in [2.75, 3.05) is 0 Å². The van der Waals surface area contributed by atoms with Crippen molar-refractivity contribution in [1.29, 1.82) is 0 Å². The quantitative estimate of drug-likeness (QED) is 0.534. The number of hydrogen-bond donors (Lipinski definition) is 1. The molecule has 2 nitrogen and oxygen atoms in total. The normalized spacial score (nSPS) is 26.3. The average molecular weight is 190 g/mol. The third-order valence-corrected chi connectivity index (χ3v) is 1.54. The molecule has 1 heterocycles. The summed E-state index contributed by atoms with van der Waals surface area (Å²) in [6.07, 6.45) is 1.38. The van der Waals surface area contributed by atoms with Gasteiger partial charge in [0.1, 0.15) is 0 Å². The highest BCUT2D eigenvalue weighted by atomic mass is 35.6. The second kappa shape index (κ2) is 2.81. The molecule has 0 spiro atoms. The first-order chi connectivity index (χ1) is 4.08. The maximum atomic E-state index is 5.45. The summed E-state index contributed by atoms with van der Waals surface area (Å²) in [5.74, 6) is 0. The first kappa shape index (κ1) is 7.89. The van der Waals surface area contributed by atoms with Gasteiger partial charge in [-0.15, -0.1) is 0 Å². The largest absolute Gasteiger partial charge is 0.278 e. The Morgan fingerprint density at radius 1 is 1.44 bits per heavy atom. The minimum Gasteiger partial charge on any atom is -0.278 e. The van der Waals surface area contributed by atoms with Gasteiger partial charge in [-0.25, -0.2) is 0 Å². The summed E-state index contributed by atoms with van der Waals surface area (Å²) in [5, 5.41) is 0. The number of hydroxylamine groups is 1. The molecular formula is C4H6Cl3NO. The topological polar surface area (TPSA) is 34.5 Å². The molecule has 1 aliphatic rings. The van der Waals surface area contributed by atoms with Crippen LogP contribution in [-0.4, -0.2) is 10.0 Å². The maximum absolute atomic E-state index is 5.45. The van der Waals surface area contributed by atoms with Crippen LogP contribution in [0.2, 0.25) is 0 Å². The summed E-state index contributed by atoms with van der Waals surface area (Å²) in [5.41, 5.74) is 2.63. The first-order valence-corrected chi connectivity index (χ1v) is 3.69. The number of hydrogen-bond acceptors (Lipinski definition) is 2. The van der Waals surface area contributed by atoms with Gasteiger partial charge in [0.05, 0.1) is 0 Å². The fourth-order valence-electron chi connectivity index (χ4n) is 0.461. The van der Waals surface area contributed by atoms with Gasteiger partial charge >= 0.3 is 0 Å². The highest BCUT2D eigenvalue weighted by Crippen LogP contribution is 2.32. The molecule has 0 aromatic carbocycles. The first-order valence-electron chi connectivity index (χ1n) is 2.56. The molecule has 0 saturated carbocycles. The molecule has 0 bridgehead atoms. The van der Waals surface area contributed by atoms with Crippen LogP contribution in [0.25, 0.3) is 0 Å². The lowest BCUT2D eigenvalue weighted by atomic mass is 10.3. The lowest BCUT2D eigenvalue weighted by Gasteiger charge is -2.06. The van der Waals surface area contributed by atoms with Gasteiger partial charge in [0.25, 0.3) is 0 Å². The van der Waals surface area contributed by atoms with Gasteiger partial charge in [-0.1, -0.05) is 34.8 Å². The Kier molecular flexibility index (Phi) is 2.46. The van der Waals surface area contributed by atoms with E-state index in [1.54, 1.807) is 0 Å². The van der Waals surface area contributed by atoms with Crippen molar-refractivity contribution in [3.8, 4) is 0 Å². The van der Waals surface area contributed by atoms with Crippen LogP contribution >= 0.6 is 34.8 Å². The second-order valence-electron chi connectivity index (χ2n) is 1.88. The number of nitrogens with one attached hydrogen (secondary N) is 1. The molecule has 9 heavy (non-hydrogen) atoms. The van der Waals surface area contributed by atoms with E-state index in [0.717, 1.165) is 6.42 Å². The zero-order valence-electron chi connectivity index (χ0n) is 4.53. The highest BCUT2D eigenvalue weighted by Gasteiger charge is 2.27. The van der Waals surface area contributed by atoms with Crippen molar-refractivity contribution in [2.45, 2.75) is 22.9 Å². The minimum atomic E-state index is -1.13. The van der Waals surface area contributed by atoms with Crippen LogP contribution in [-0.2, 0) is 4.84 Å². The van der Waals surface area contributed by atoms with Crippen molar-refractivity contribution in [2.24, 2.45) is 0 Å². The predicted molar refractivity (Wildman–Crippen MR) is 37.5 cm³/mol. The molecule has 1 atom stereocenters. The average Bonchev–Trinajstić information content (AvgIpc) is 2.38. The zero-order chi connectivity index (χ0) is 6.91. The Morgan fingerprint density at radius 3 is 2.33 bits per heavy atom. The summed E-state index contributed by atoms with van der Waals surface area (Å²) < 4.78 is -1.13. The summed E-state index contributed by atoms with van der Waals surface area (Å²) in [7, 11) is 0. The van der Waals surface area contributed by atoms with Gasteiger partial charge in [0.2, 0.25) is 0 Å².